The number of esters is 1. The van der Waals surface area contributed by atoms with Crippen molar-refractivity contribution in [2.24, 2.45) is 5.41 Å². The molecule has 0 amide bonds. The zero-order valence-corrected chi connectivity index (χ0v) is 7.94. The van der Waals surface area contributed by atoms with E-state index >= 15 is 0 Å². The number of carbonyl (C=O) groups is 1. The maximum absolute atomic E-state index is 11.3. The first-order chi connectivity index (χ1) is 5.94. The Labute approximate surface area is 76.8 Å². The Morgan fingerprint density at radius 3 is 2.46 bits per heavy atom. The van der Waals surface area contributed by atoms with Gasteiger partial charge in [-0.25, -0.2) is 0 Å². The summed E-state index contributed by atoms with van der Waals surface area (Å²) in [5, 5.41) is 19.2. The number of rotatable bonds is 1. The summed E-state index contributed by atoms with van der Waals surface area (Å²) in [6.07, 6.45) is -0.466. The van der Waals surface area contributed by atoms with E-state index in [1.54, 1.807) is 6.92 Å². The van der Waals surface area contributed by atoms with E-state index < -0.39 is 23.6 Å². The average Bonchev–Trinajstić information content (AvgIpc) is 2.30. The monoisotopic (exact) mass is 186 g/mol. The lowest BCUT2D eigenvalue weighted by Gasteiger charge is -2.28. The van der Waals surface area contributed by atoms with Crippen LogP contribution in [-0.2, 0) is 9.53 Å². The summed E-state index contributed by atoms with van der Waals surface area (Å²) in [7, 11) is 1.24. The van der Waals surface area contributed by atoms with Crippen molar-refractivity contribution in [2.45, 2.75) is 26.1 Å². The summed E-state index contributed by atoms with van der Waals surface area (Å²) >= 11 is 0. The normalized spacial score (nSPS) is 38.7. The van der Waals surface area contributed by atoms with Crippen molar-refractivity contribution in [3.8, 4) is 0 Å². The molecule has 13 heavy (non-hydrogen) atoms. The van der Waals surface area contributed by atoms with Gasteiger partial charge in [0.1, 0.15) is 5.41 Å². The molecule has 2 N–H and O–H groups in total. The molecule has 1 rings (SSSR count). The Hall–Kier alpha value is -0.870. The lowest BCUT2D eigenvalue weighted by molar-refractivity contribution is -0.162. The molecule has 1 aliphatic rings. The molecule has 0 bridgehead atoms. The maximum Gasteiger partial charge on any atom is 0.317 e. The van der Waals surface area contributed by atoms with Gasteiger partial charge in [-0.05, 0) is 19.4 Å². The number of carbonyl (C=O) groups excluding carboxylic acids is 1. The minimum Gasteiger partial charge on any atom is -0.468 e. The third-order valence-corrected chi connectivity index (χ3v) is 2.66. The van der Waals surface area contributed by atoms with Crippen LogP contribution in [0.3, 0.4) is 0 Å². The van der Waals surface area contributed by atoms with Gasteiger partial charge in [-0.1, -0.05) is 6.08 Å². The quantitative estimate of drug-likeness (QED) is 0.441. The van der Waals surface area contributed by atoms with Crippen LogP contribution in [0.15, 0.2) is 11.6 Å². The molecule has 3 atom stereocenters. The predicted octanol–water partition coefficient (Wildman–Crippen LogP) is -0.153. The number of hydrogen-bond donors (Lipinski definition) is 2. The molecule has 1 aliphatic carbocycles. The van der Waals surface area contributed by atoms with Gasteiger partial charge in [0.2, 0.25) is 0 Å². The second kappa shape index (κ2) is 3.12. The van der Waals surface area contributed by atoms with E-state index in [0.29, 0.717) is 5.57 Å². The third-order valence-electron chi connectivity index (χ3n) is 2.66. The van der Waals surface area contributed by atoms with Gasteiger partial charge in [-0.15, -0.1) is 0 Å². The van der Waals surface area contributed by atoms with Gasteiger partial charge in [0, 0.05) is 0 Å². The van der Waals surface area contributed by atoms with Crippen molar-refractivity contribution in [2.75, 3.05) is 7.11 Å². The smallest absolute Gasteiger partial charge is 0.317 e. The fourth-order valence-corrected chi connectivity index (χ4v) is 1.60. The highest BCUT2D eigenvalue weighted by molar-refractivity contribution is 5.80. The first-order valence-electron chi connectivity index (χ1n) is 4.07. The van der Waals surface area contributed by atoms with Gasteiger partial charge in [0.25, 0.3) is 0 Å². The molecular formula is C9H14O4. The molecule has 4 heteroatoms. The predicted molar refractivity (Wildman–Crippen MR) is 45.9 cm³/mol. The number of methoxy groups -OCH3 is 1. The van der Waals surface area contributed by atoms with Crippen LogP contribution in [-0.4, -0.2) is 35.5 Å². The molecule has 0 aromatic heterocycles. The maximum atomic E-state index is 11.3. The lowest BCUT2D eigenvalue weighted by atomic mass is 9.82. The summed E-state index contributed by atoms with van der Waals surface area (Å²) in [5.41, 5.74) is -0.654. The summed E-state index contributed by atoms with van der Waals surface area (Å²) in [6.45, 7) is 3.16. The molecule has 0 aromatic carbocycles. The van der Waals surface area contributed by atoms with Crippen LogP contribution < -0.4 is 0 Å². The fraction of sp³-hybridized carbons (Fsp3) is 0.667. The summed E-state index contributed by atoms with van der Waals surface area (Å²) < 4.78 is 4.53. The van der Waals surface area contributed by atoms with E-state index in [4.69, 9.17) is 0 Å². The molecule has 0 heterocycles. The van der Waals surface area contributed by atoms with Crippen molar-refractivity contribution in [1.29, 1.82) is 0 Å². The van der Waals surface area contributed by atoms with E-state index in [2.05, 4.69) is 4.74 Å². The third kappa shape index (κ3) is 1.26. The molecule has 0 aromatic rings. The molecule has 0 saturated carbocycles. The van der Waals surface area contributed by atoms with Crippen LogP contribution in [0.25, 0.3) is 0 Å². The molecule has 0 unspecified atom stereocenters. The van der Waals surface area contributed by atoms with Crippen molar-refractivity contribution >= 4 is 5.97 Å². The van der Waals surface area contributed by atoms with Gasteiger partial charge in [-0.3, -0.25) is 4.79 Å². The Morgan fingerprint density at radius 2 is 2.15 bits per heavy atom. The second-order valence-electron chi connectivity index (χ2n) is 3.53. The van der Waals surface area contributed by atoms with E-state index in [0.717, 1.165) is 0 Å². The van der Waals surface area contributed by atoms with Crippen molar-refractivity contribution in [1.82, 2.24) is 0 Å². The van der Waals surface area contributed by atoms with Crippen LogP contribution in [0.2, 0.25) is 0 Å². The van der Waals surface area contributed by atoms with E-state index in [-0.39, 0.29) is 0 Å². The molecule has 0 aliphatic heterocycles. The highest BCUT2D eigenvalue weighted by atomic mass is 16.5. The van der Waals surface area contributed by atoms with Crippen molar-refractivity contribution in [3.05, 3.63) is 11.6 Å². The first kappa shape index (κ1) is 10.2. The second-order valence-corrected chi connectivity index (χ2v) is 3.53. The fourth-order valence-electron chi connectivity index (χ4n) is 1.60. The van der Waals surface area contributed by atoms with Crippen molar-refractivity contribution in [3.63, 3.8) is 0 Å². The highest BCUT2D eigenvalue weighted by Gasteiger charge is 2.51. The molecule has 0 radical (unpaired) electrons. The van der Waals surface area contributed by atoms with Crippen molar-refractivity contribution < 1.29 is 19.7 Å². The molecule has 0 saturated heterocycles. The average molecular weight is 186 g/mol. The van der Waals surface area contributed by atoms with Crippen LogP contribution in [0.1, 0.15) is 13.8 Å². The Kier molecular flexibility index (Phi) is 2.45. The Balaban J connectivity index is 2.99. The number of aliphatic hydroxyl groups is 2. The summed E-state index contributed by atoms with van der Waals surface area (Å²) in [4.78, 5) is 11.3. The van der Waals surface area contributed by atoms with Crippen LogP contribution >= 0.6 is 0 Å². The highest BCUT2D eigenvalue weighted by Crippen LogP contribution is 2.38. The van der Waals surface area contributed by atoms with Crippen LogP contribution in [0.4, 0.5) is 0 Å². The Bertz CT molecular complexity index is 258. The van der Waals surface area contributed by atoms with Gasteiger partial charge in [0.15, 0.2) is 0 Å². The van der Waals surface area contributed by atoms with E-state index in [9.17, 15) is 15.0 Å². The summed E-state index contributed by atoms with van der Waals surface area (Å²) in [6, 6.07) is 0. The van der Waals surface area contributed by atoms with E-state index in [1.807, 2.05) is 0 Å². The first-order valence-corrected chi connectivity index (χ1v) is 4.07. The SMILES string of the molecule is COC(=O)[C@@]1(C)[C@H](O)C=C(C)[C@@H]1O. The zero-order valence-electron chi connectivity index (χ0n) is 7.94. The van der Waals surface area contributed by atoms with Crippen LogP contribution in [0.5, 0.6) is 0 Å². The Morgan fingerprint density at radius 1 is 1.62 bits per heavy atom. The lowest BCUT2D eigenvalue weighted by Crippen LogP contribution is -2.45. The van der Waals surface area contributed by atoms with Crippen LogP contribution in [0, 0.1) is 5.41 Å². The van der Waals surface area contributed by atoms with Gasteiger partial charge in [-0.2, -0.15) is 0 Å². The largest absolute Gasteiger partial charge is 0.468 e. The molecule has 74 valence electrons. The zero-order chi connectivity index (χ0) is 10.2. The number of hydrogen-bond acceptors (Lipinski definition) is 4. The van der Waals surface area contributed by atoms with E-state index in [1.165, 1.54) is 20.1 Å². The number of ether oxygens (including phenoxy) is 1. The van der Waals surface area contributed by atoms with Gasteiger partial charge in [0.05, 0.1) is 19.3 Å². The topological polar surface area (TPSA) is 66.8 Å². The molecular weight excluding hydrogens is 172 g/mol. The van der Waals surface area contributed by atoms with Gasteiger partial charge < -0.3 is 14.9 Å². The number of aliphatic hydroxyl groups excluding tert-OH is 2. The van der Waals surface area contributed by atoms with Gasteiger partial charge >= 0.3 is 5.97 Å². The summed E-state index contributed by atoms with van der Waals surface area (Å²) in [5.74, 6) is -0.597. The minimum absolute atomic E-state index is 0.597. The molecule has 0 fully saturated rings. The molecule has 4 nitrogen and oxygen atoms in total. The minimum atomic E-state index is -1.25. The molecule has 0 spiro atoms. The standard InChI is InChI=1S/C9H14O4/c1-5-4-6(10)9(2,7(5)11)8(12)13-3/h4,6-7,10-11H,1-3H3/t6-,7+,9+/m1/s1.